The maximum Gasteiger partial charge on any atom is 0.339 e. The van der Waals surface area contributed by atoms with Gasteiger partial charge in [-0.1, -0.05) is 52.2 Å². The maximum absolute atomic E-state index is 12.3. The van der Waals surface area contributed by atoms with Crippen molar-refractivity contribution in [3.8, 4) is 0 Å². The van der Waals surface area contributed by atoms with Crippen molar-refractivity contribution in [3.63, 3.8) is 0 Å². The summed E-state index contributed by atoms with van der Waals surface area (Å²) < 4.78 is 5.57. The monoisotopic (exact) mass is 320 g/mol. The molecule has 0 amide bonds. The van der Waals surface area contributed by atoms with Gasteiger partial charge >= 0.3 is 11.9 Å². The van der Waals surface area contributed by atoms with E-state index in [9.17, 15) is 9.59 Å². The maximum atomic E-state index is 12.3. The summed E-state index contributed by atoms with van der Waals surface area (Å²) >= 11 is 0. The molecule has 0 aliphatic rings. The first-order valence-corrected chi connectivity index (χ1v) is 8.49. The molecule has 0 bridgehead atoms. The topological polar surface area (TPSA) is 63.6 Å². The largest absolute Gasteiger partial charge is 0.478 e. The molecule has 4 heteroatoms. The van der Waals surface area contributed by atoms with Gasteiger partial charge in [0, 0.05) is 0 Å². The molecule has 0 radical (unpaired) electrons. The molecule has 1 rings (SSSR count). The van der Waals surface area contributed by atoms with E-state index in [0.717, 1.165) is 32.1 Å². The van der Waals surface area contributed by atoms with Gasteiger partial charge in [-0.15, -0.1) is 0 Å². The Bertz CT molecular complexity index is 508. The van der Waals surface area contributed by atoms with Crippen molar-refractivity contribution in [3.05, 3.63) is 35.4 Å². The zero-order chi connectivity index (χ0) is 17.2. The third-order valence-electron chi connectivity index (χ3n) is 3.82. The van der Waals surface area contributed by atoms with Crippen LogP contribution in [0.15, 0.2) is 24.3 Å². The summed E-state index contributed by atoms with van der Waals surface area (Å²) in [6.07, 6.45) is 5.76. The van der Waals surface area contributed by atoms with Crippen LogP contribution in [-0.4, -0.2) is 23.1 Å². The fourth-order valence-corrected chi connectivity index (χ4v) is 2.57. The van der Waals surface area contributed by atoms with Gasteiger partial charge in [-0.2, -0.15) is 0 Å². The Labute approximate surface area is 138 Å². The molecule has 1 atom stereocenters. The zero-order valence-corrected chi connectivity index (χ0v) is 14.4. The van der Waals surface area contributed by atoms with Crippen molar-refractivity contribution in [1.29, 1.82) is 0 Å². The van der Waals surface area contributed by atoms with Crippen LogP contribution in [0.4, 0.5) is 0 Å². The van der Waals surface area contributed by atoms with Gasteiger partial charge in [-0.25, -0.2) is 9.59 Å². The molecule has 1 aromatic carbocycles. The number of ether oxygens (including phenoxy) is 1. The van der Waals surface area contributed by atoms with Crippen LogP contribution in [0.1, 0.15) is 80.0 Å². The zero-order valence-electron chi connectivity index (χ0n) is 14.4. The van der Waals surface area contributed by atoms with Gasteiger partial charge in [-0.3, -0.25) is 0 Å². The van der Waals surface area contributed by atoms with Crippen LogP contribution in [0.3, 0.4) is 0 Å². The van der Waals surface area contributed by atoms with Gasteiger partial charge in [-0.05, 0) is 37.3 Å². The Balaban J connectivity index is 2.65. The van der Waals surface area contributed by atoms with Crippen molar-refractivity contribution in [1.82, 2.24) is 0 Å². The van der Waals surface area contributed by atoms with Crippen LogP contribution >= 0.6 is 0 Å². The number of aromatic carboxylic acids is 1. The highest BCUT2D eigenvalue weighted by Crippen LogP contribution is 2.18. The van der Waals surface area contributed by atoms with E-state index in [1.165, 1.54) is 18.6 Å². The molecule has 23 heavy (non-hydrogen) atoms. The van der Waals surface area contributed by atoms with Crippen LogP contribution in [0.2, 0.25) is 0 Å². The number of esters is 1. The van der Waals surface area contributed by atoms with Crippen molar-refractivity contribution in [2.45, 2.75) is 65.4 Å². The third kappa shape index (κ3) is 6.85. The van der Waals surface area contributed by atoms with Gasteiger partial charge < -0.3 is 9.84 Å². The van der Waals surface area contributed by atoms with Gasteiger partial charge in [0.05, 0.1) is 11.1 Å². The Hall–Kier alpha value is -1.84. The van der Waals surface area contributed by atoms with Crippen molar-refractivity contribution in [2.24, 2.45) is 5.92 Å². The lowest BCUT2D eigenvalue weighted by molar-refractivity contribution is 0.0248. The van der Waals surface area contributed by atoms with E-state index in [2.05, 4.69) is 20.8 Å². The number of carbonyl (C=O) groups excluding carboxylic acids is 1. The molecule has 0 spiro atoms. The van der Waals surface area contributed by atoms with E-state index in [-0.39, 0.29) is 17.2 Å². The number of carboxylic acid groups (broad SMARTS) is 1. The Morgan fingerprint density at radius 3 is 2.22 bits per heavy atom. The molecule has 1 unspecified atom stereocenters. The van der Waals surface area contributed by atoms with E-state index in [0.29, 0.717) is 5.92 Å². The van der Waals surface area contributed by atoms with E-state index in [1.54, 1.807) is 12.1 Å². The number of hydrogen-bond donors (Lipinski definition) is 1. The first-order chi connectivity index (χ1) is 11.0. The van der Waals surface area contributed by atoms with Crippen LogP contribution in [0.25, 0.3) is 0 Å². The van der Waals surface area contributed by atoms with Gasteiger partial charge in [0.15, 0.2) is 0 Å². The van der Waals surface area contributed by atoms with Crippen molar-refractivity contribution < 1.29 is 19.4 Å². The summed E-state index contributed by atoms with van der Waals surface area (Å²) in [6, 6.07) is 6.19. The second-order valence-electron chi connectivity index (χ2n) is 6.35. The molecule has 1 aromatic rings. The molecule has 0 saturated carbocycles. The highest BCUT2D eigenvalue weighted by atomic mass is 16.5. The molecule has 4 nitrogen and oxygen atoms in total. The summed E-state index contributed by atoms with van der Waals surface area (Å²) in [5.74, 6) is -0.962. The van der Waals surface area contributed by atoms with Gasteiger partial charge in [0.25, 0.3) is 0 Å². The number of rotatable bonds is 10. The van der Waals surface area contributed by atoms with Crippen LogP contribution < -0.4 is 0 Å². The summed E-state index contributed by atoms with van der Waals surface area (Å²) in [6.45, 7) is 6.46. The molecular weight excluding hydrogens is 292 g/mol. The summed E-state index contributed by atoms with van der Waals surface area (Å²) in [7, 11) is 0. The van der Waals surface area contributed by atoms with Crippen LogP contribution in [0.5, 0.6) is 0 Å². The second-order valence-corrected chi connectivity index (χ2v) is 6.35. The molecule has 0 aliphatic heterocycles. The molecule has 128 valence electrons. The quantitative estimate of drug-likeness (QED) is 0.490. The molecule has 0 aromatic heterocycles. The highest BCUT2D eigenvalue weighted by molar-refractivity contribution is 6.02. The van der Waals surface area contributed by atoms with Crippen LogP contribution in [0, 0.1) is 5.92 Å². The molecule has 0 heterocycles. The van der Waals surface area contributed by atoms with Crippen LogP contribution in [-0.2, 0) is 4.74 Å². The SMILES string of the molecule is CCCC(CCCCC(C)C)OC(=O)c1ccccc1C(=O)O. The first kappa shape index (κ1) is 19.2. The van der Waals surface area contributed by atoms with Gasteiger partial charge in [0.2, 0.25) is 0 Å². The lowest BCUT2D eigenvalue weighted by Crippen LogP contribution is -2.20. The normalized spacial score (nSPS) is 12.2. The molecule has 0 aliphatic carbocycles. The van der Waals surface area contributed by atoms with Crippen molar-refractivity contribution in [2.75, 3.05) is 0 Å². The Morgan fingerprint density at radius 2 is 1.65 bits per heavy atom. The number of benzene rings is 1. The summed E-state index contributed by atoms with van der Waals surface area (Å²) in [4.78, 5) is 23.5. The smallest absolute Gasteiger partial charge is 0.339 e. The number of hydrogen-bond acceptors (Lipinski definition) is 3. The fourth-order valence-electron chi connectivity index (χ4n) is 2.57. The standard InChI is InChI=1S/C19H28O4/c1-4-9-15(11-6-5-10-14(2)3)23-19(22)17-13-8-7-12-16(17)18(20)21/h7-8,12-15H,4-6,9-11H2,1-3H3,(H,20,21). The van der Waals surface area contributed by atoms with E-state index < -0.39 is 11.9 Å². The van der Waals surface area contributed by atoms with Crippen molar-refractivity contribution >= 4 is 11.9 Å². The number of carboxylic acids is 1. The van der Waals surface area contributed by atoms with E-state index in [4.69, 9.17) is 9.84 Å². The molecule has 0 saturated heterocycles. The highest BCUT2D eigenvalue weighted by Gasteiger charge is 2.20. The predicted molar refractivity (Wildman–Crippen MR) is 90.8 cm³/mol. The predicted octanol–water partition coefficient (Wildman–Crippen LogP) is 4.93. The molecule has 0 fully saturated rings. The lowest BCUT2D eigenvalue weighted by atomic mass is 10.0. The number of carbonyl (C=O) groups is 2. The summed E-state index contributed by atoms with van der Waals surface area (Å²) in [5, 5.41) is 9.17. The fraction of sp³-hybridized carbons (Fsp3) is 0.579. The van der Waals surface area contributed by atoms with E-state index in [1.807, 2.05) is 0 Å². The first-order valence-electron chi connectivity index (χ1n) is 8.49. The van der Waals surface area contributed by atoms with Gasteiger partial charge in [0.1, 0.15) is 6.10 Å². The molecule has 1 N–H and O–H groups in total. The Morgan fingerprint density at radius 1 is 1.04 bits per heavy atom. The third-order valence-corrected chi connectivity index (χ3v) is 3.82. The minimum Gasteiger partial charge on any atom is -0.478 e. The number of unbranched alkanes of at least 4 members (excludes halogenated alkanes) is 1. The molecular formula is C19H28O4. The van der Waals surface area contributed by atoms with E-state index >= 15 is 0 Å². The minimum atomic E-state index is -1.11. The minimum absolute atomic E-state index is 0.00689. The lowest BCUT2D eigenvalue weighted by Gasteiger charge is -2.18. The second kappa shape index (κ2) is 10.0. The average Bonchev–Trinajstić information content (AvgIpc) is 2.51. The summed E-state index contributed by atoms with van der Waals surface area (Å²) in [5.41, 5.74) is 0.121. The average molecular weight is 320 g/mol. The Kier molecular flexibility index (Phi) is 8.38.